The molecule has 2 aromatic rings. The number of pyridine rings is 1. The van der Waals surface area contributed by atoms with Crippen LogP contribution in [0.2, 0.25) is 0 Å². The predicted octanol–water partition coefficient (Wildman–Crippen LogP) is 3.19. The van der Waals surface area contributed by atoms with Crippen LogP contribution < -0.4 is 14.4 Å². The average molecular weight is 439 g/mol. The number of nitrogens with zero attached hydrogens (tertiary/aromatic N) is 4. The number of para-hydroxylation sites is 1. The molecular formula is C24H30N4O4. The Hall–Kier alpha value is -3.31. The van der Waals surface area contributed by atoms with E-state index in [1.54, 1.807) is 13.3 Å². The number of hydrogen-bond donors (Lipinski definition) is 0. The molecule has 2 heterocycles. The number of aromatic nitrogens is 1. The summed E-state index contributed by atoms with van der Waals surface area (Å²) < 4.78 is 16.5. The van der Waals surface area contributed by atoms with Crippen LogP contribution in [0.15, 0.2) is 30.5 Å². The maximum atomic E-state index is 12.7. The van der Waals surface area contributed by atoms with Crippen LogP contribution in [0.5, 0.6) is 11.5 Å². The topological polar surface area (TPSA) is 87.9 Å². The van der Waals surface area contributed by atoms with Gasteiger partial charge < -0.3 is 19.1 Å². The van der Waals surface area contributed by atoms with Crippen molar-refractivity contribution in [2.75, 3.05) is 44.8 Å². The number of nitriles is 1. The molecule has 0 atom stereocenters. The van der Waals surface area contributed by atoms with E-state index in [1.807, 2.05) is 51.1 Å². The van der Waals surface area contributed by atoms with E-state index in [2.05, 4.69) is 14.8 Å². The molecule has 0 amide bonds. The Kier molecular flexibility index (Phi) is 7.90. The second kappa shape index (κ2) is 10.8. The summed E-state index contributed by atoms with van der Waals surface area (Å²) in [7, 11) is 1.59. The average Bonchev–Trinajstić information content (AvgIpc) is 2.77. The van der Waals surface area contributed by atoms with Crippen molar-refractivity contribution < 1.29 is 19.0 Å². The van der Waals surface area contributed by atoms with Crippen molar-refractivity contribution in [3.8, 4) is 17.6 Å². The molecule has 8 heteroatoms. The van der Waals surface area contributed by atoms with Crippen LogP contribution in [0.4, 0.5) is 5.82 Å². The van der Waals surface area contributed by atoms with Crippen molar-refractivity contribution >= 4 is 11.8 Å². The van der Waals surface area contributed by atoms with Gasteiger partial charge in [0.2, 0.25) is 0 Å². The summed E-state index contributed by atoms with van der Waals surface area (Å²) in [4.78, 5) is 21.6. The summed E-state index contributed by atoms with van der Waals surface area (Å²) in [6.45, 7) is 9.29. The molecule has 0 aliphatic carbocycles. The molecule has 1 fully saturated rings. The number of hydrogen-bond acceptors (Lipinski definition) is 8. The molecule has 0 radical (unpaired) electrons. The number of carbonyl (C=O) groups is 1. The highest BCUT2D eigenvalue weighted by molar-refractivity contribution is 5.96. The van der Waals surface area contributed by atoms with Crippen LogP contribution in [0.1, 0.15) is 35.3 Å². The van der Waals surface area contributed by atoms with Crippen molar-refractivity contribution in [3.05, 3.63) is 47.2 Å². The summed E-state index contributed by atoms with van der Waals surface area (Å²) in [5.74, 6) is 1.57. The fraction of sp³-hybridized carbons (Fsp3) is 0.458. The molecule has 1 saturated heterocycles. The molecule has 170 valence electrons. The first-order valence-electron chi connectivity index (χ1n) is 10.7. The van der Waals surface area contributed by atoms with Gasteiger partial charge in [0.1, 0.15) is 17.5 Å². The van der Waals surface area contributed by atoms with E-state index in [9.17, 15) is 4.79 Å². The Bertz CT molecular complexity index is 978. The molecule has 3 rings (SSSR count). The van der Waals surface area contributed by atoms with E-state index < -0.39 is 0 Å². The third-order valence-corrected chi connectivity index (χ3v) is 5.31. The first-order chi connectivity index (χ1) is 15.4. The SMILES string of the molecule is COc1cccc(CN2CCN(c3nccc(C)c3C(=O)OC(C)C)CC2)c1OCC#N. The molecule has 1 aromatic carbocycles. The molecule has 1 aliphatic heterocycles. The van der Waals surface area contributed by atoms with Crippen LogP contribution >= 0.6 is 0 Å². The van der Waals surface area contributed by atoms with E-state index in [1.165, 1.54) is 0 Å². The highest BCUT2D eigenvalue weighted by Gasteiger charge is 2.26. The Morgan fingerprint density at radius 2 is 1.97 bits per heavy atom. The van der Waals surface area contributed by atoms with Crippen LogP contribution in [0.3, 0.4) is 0 Å². The summed E-state index contributed by atoms with van der Waals surface area (Å²) in [5.41, 5.74) is 2.37. The van der Waals surface area contributed by atoms with Gasteiger partial charge in [-0.2, -0.15) is 5.26 Å². The maximum absolute atomic E-state index is 12.7. The first-order valence-corrected chi connectivity index (χ1v) is 10.7. The summed E-state index contributed by atoms with van der Waals surface area (Å²) in [5, 5.41) is 8.90. The third kappa shape index (κ3) is 5.48. The van der Waals surface area contributed by atoms with Crippen LogP contribution in [-0.2, 0) is 11.3 Å². The molecule has 1 aromatic heterocycles. The fourth-order valence-electron chi connectivity index (χ4n) is 3.78. The zero-order valence-electron chi connectivity index (χ0n) is 19.1. The van der Waals surface area contributed by atoms with Gasteiger partial charge >= 0.3 is 5.97 Å². The number of piperazine rings is 1. The molecule has 0 spiro atoms. The molecule has 32 heavy (non-hydrogen) atoms. The first kappa shape index (κ1) is 23.4. The Labute approximate surface area is 189 Å². The Morgan fingerprint density at radius 3 is 2.62 bits per heavy atom. The normalized spacial score (nSPS) is 14.2. The quantitative estimate of drug-likeness (QED) is 0.581. The molecule has 0 unspecified atom stereocenters. The van der Waals surface area contributed by atoms with Gasteiger partial charge in [-0.1, -0.05) is 12.1 Å². The summed E-state index contributed by atoms with van der Waals surface area (Å²) in [6.07, 6.45) is 1.55. The lowest BCUT2D eigenvalue weighted by molar-refractivity contribution is 0.0377. The molecule has 0 bridgehead atoms. The van der Waals surface area contributed by atoms with Gasteiger partial charge in [0.25, 0.3) is 0 Å². The predicted molar refractivity (Wildman–Crippen MR) is 121 cm³/mol. The van der Waals surface area contributed by atoms with Gasteiger partial charge in [0.15, 0.2) is 18.1 Å². The van der Waals surface area contributed by atoms with Crippen LogP contribution in [0.25, 0.3) is 0 Å². The number of anilines is 1. The number of benzene rings is 1. The van der Waals surface area contributed by atoms with Crippen molar-refractivity contribution in [1.82, 2.24) is 9.88 Å². The maximum Gasteiger partial charge on any atom is 0.342 e. The highest BCUT2D eigenvalue weighted by atomic mass is 16.5. The second-order valence-electron chi connectivity index (χ2n) is 7.94. The standard InChI is InChI=1S/C24H30N4O4/c1-17(2)32-24(29)21-18(3)8-10-26-23(21)28-13-11-27(12-14-28)16-19-6-5-7-20(30-4)22(19)31-15-9-25/h5-8,10,17H,11-16H2,1-4H3. The van der Waals surface area contributed by atoms with E-state index in [0.717, 1.165) is 37.3 Å². The number of methoxy groups -OCH3 is 1. The van der Waals surface area contributed by atoms with Gasteiger partial charge in [-0.3, -0.25) is 4.90 Å². The van der Waals surface area contributed by atoms with Crippen LogP contribution in [-0.4, -0.2) is 61.9 Å². The minimum atomic E-state index is -0.335. The number of ether oxygens (including phenoxy) is 3. The van der Waals surface area contributed by atoms with Gasteiger partial charge in [-0.15, -0.1) is 0 Å². The van der Waals surface area contributed by atoms with Crippen molar-refractivity contribution in [3.63, 3.8) is 0 Å². The fourth-order valence-corrected chi connectivity index (χ4v) is 3.78. The van der Waals surface area contributed by atoms with Gasteiger partial charge in [-0.25, -0.2) is 9.78 Å². The summed E-state index contributed by atoms with van der Waals surface area (Å²) >= 11 is 0. The van der Waals surface area contributed by atoms with Gasteiger partial charge in [-0.05, 0) is 38.5 Å². The van der Waals surface area contributed by atoms with Gasteiger partial charge in [0, 0.05) is 44.5 Å². The molecule has 1 aliphatic rings. The molecule has 0 saturated carbocycles. The highest BCUT2D eigenvalue weighted by Crippen LogP contribution is 2.32. The lowest BCUT2D eigenvalue weighted by Crippen LogP contribution is -2.46. The monoisotopic (exact) mass is 438 g/mol. The van der Waals surface area contributed by atoms with E-state index in [-0.39, 0.29) is 18.7 Å². The molecule has 0 N–H and O–H groups in total. The lowest BCUT2D eigenvalue weighted by atomic mass is 10.1. The largest absolute Gasteiger partial charge is 0.493 e. The Balaban J connectivity index is 1.72. The minimum Gasteiger partial charge on any atom is -0.493 e. The van der Waals surface area contributed by atoms with Crippen molar-refractivity contribution in [2.45, 2.75) is 33.4 Å². The third-order valence-electron chi connectivity index (χ3n) is 5.31. The molecule has 8 nitrogen and oxygen atoms in total. The van der Waals surface area contributed by atoms with Crippen molar-refractivity contribution in [1.29, 1.82) is 5.26 Å². The zero-order chi connectivity index (χ0) is 23.1. The smallest absolute Gasteiger partial charge is 0.342 e. The number of carbonyl (C=O) groups excluding carboxylic acids is 1. The minimum absolute atomic E-state index is 0.0323. The zero-order valence-corrected chi connectivity index (χ0v) is 19.1. The van der Waals surface area contributed by atoms with E-state index in [0.29, 0.717) is 29.4 Å². The number of aryl methyl sites for hydroxylation is 1. The second-order valence-corrected chi connectivity index (χ2v) is 7.94. The van der Waals surface area contributed by atoms with Gasteiger partial charge in [0.05, 0.1) is 13.2 Å². The van der Waals surface area contributed by atoms with E-state index in [4.69, 9.17) is 19.5 Å². The Morgan fingerprint density at radius 1 is 1.22 bits per heavy atom. The number of esters is 1. The molecular weight excluding hydrogens is 408 g/mol. The lowest BCUT2D eigenvalue weighted by Gasteiger charge is -2.36. The number of rotatable bonds is 8. The van der Waals surface area contributed by atoms with Crippen LogP contribution in [0, 0.1) is 18.3 Å². The van der Waals surface area contributed by atoms with E-state index >= 15 is 0 Å². The summed E-state index contributed by atoms with van der Waals surface area (Å²) in [6, 6.07) is 9.59. The van der Waals surface area contributed by atoms with Crippen molar-refractivity contribution in [2.24, 2.45) is 0 Å².